The fraction of sp³-hybridized carbons (Fsp3) is 0.235. The molecule has 1 amide bonds. The van der Waals surface area contributed by atoms with Gasteiger partial charge in [0.2, 0.25) is 5.91 Å². The highest BCUT2D eigenvalue weighted by atomic mass is 19.4. The van der Waals surface area contributed by atoms with Gasteiger partial charge in [-0.25, -0.2) is 0 Å². The van der Waals surface area contributed by atoms with Crippen LogP contribution in [0, 0.1) is 0 Å². The molecule has 0 aliphatic rings. The van der Waals surface area contributed by atoms with Gasteiger partial charge in [-0.05, 0) is 30.2 Å². The van der Waals surface area contributed by atoms with Crippen molar-refractivity contribution in [2.75, 3.05) is 0 Å². The lowest BCUT2D eigenvalue weighted by atomic mass is 10.0. The minimum atomic E-state index is -4.34. The fourth-order valence-electron chi connectivity index (χ4n) is 2.05. The van der Waals surface area contributed by atoms with Crippen LogP contribution < -0.4 is 5.32 Å². The number of hydrogen-bond acceptors (Lipinski definition) is 1. The van der Waals surface area contributed by atoms with Crippen molar-refractivity contribution in [1.82, 2.24) is 5.32 Å². The molecule has 2 aromatic carbocycles. The van der Waals surface area contributed by atoms with E-state index in [1.54, 1.807) is 6.92 Å². The van der Waals surface area contributed by atoms with E-state index in [1.165, 1.54) is 12.1 Å². The van der Waals surface area contributed by atoms with Crippen LogP contribution in [0.5, 0.6) is 0 Å². The molecule has 2 rings (SSSR count). The summed E-state index contributed by atoms with van der Waals surface area (Å²) in [4.78, 5) is 12.1. The van der Waals surface area contributed by atoms with Gasteiger partial charge in [0.1, 0.15) is 0 Å². The maximum Gasteiger partial charge on any atom is 0.416 e. The van der Waals surface area contributed by atoms with E-state index in [0.29, 0.717) is 5.56 Å². The quantitative estimate of drug-likeness (QED) is 0.904. The van der Waals surface area contributed by atoms with Gasteiger partial charge in [0.25, 0.3) is 0 Å². The van der Waals surface area contributed by atoms with Gasteiger partial charge in [0.15, 0.2) is 0 Å². The summed E-state index contributed by atoms with van der Waals surface area (Å²) >= 11 is 0. The van der Waals surface area contributed by atoms with Crippen LogP contribution in [-0.4, -0.2) is 5.91 Å². The summed E-state index contributed by atoms with van der Waals surface area (Å²) in [6.07, 6.45) is -4.34. The van der Waals surface area contributed by atoms with Gasteiger partial charge < -0.3 is 5.32 Å². The second kappa shape index (κ2) is 6.64. The van der Waals surface area contributed by atoms with Gasteiger partial charge in [-0.3, -0.25) is 4.79 Å². The Morgan fingerprint density at radius 3 is 2.18 bits per heavy atom. The van der Waals surface area contributed by atoms with Crippen LogP contribution in [-0.2, 0) is 17.5 Å². The largest absolute Gasteiger partial charge is 0.416 e. The number of carbonyl (C=O) groups is 1. The lowest BCUT2D eigenvalue weighted by molar-refractivity contribution is -0.137. The van der Waals surface area contributed by atoms with Crippen LogP contribution >= 0.6 is 0 Å². The normalized spacial score (nSPS) is 12.7. The lowest BCUT2D eigenvalue weighted by Gasteiger charge is -2.13. The Bertz CT molecular complexity index is 621. The molecule has 0 saturated heterocycles. The second-order valence-corrected chi connectivity index (χ2v) is 5.04. The van der Waals surface area contributed by atoms with Gasteiger partial charge in [0, 0.05) is 6.54 Å². The number of rotatable bonds is 4. The fourth-order valence-corrected chi connectivity index (χ4v) is 2.05. The first-order chi connectivity index (χ1) is 10.4. The summed E-state index contributed by atoms with van der Waals surface area (Å²) < 4.78 is 37.4. The van der Waals surface area contributed by atoms with Crippen molar-refractivity contribution < 1.29 is 18.0 Å². The molecule has 0 aliphatic heterocycles. The van der Waals surface area contributed by atoms with E-state index in [-0.39, 0.29) is 18.4 Å². The van der Waals surface area contributed by atoms with Crippen LogP contribution in [0.2, 0.25) is 0 Å². The molecule has 0 aromatic heterocycles. The van der Waals surface area contributed by atoms with Crippen LogP contribution in [0.1, 0.15) is 29.5 Å². The van der Waals surface area contributed by atoms with E-state index in [1.807, 2.05) is 30.3 Å². The first-order valence-electron chi connectivity index (χ1n) is 6.86. The number of hydrogen-bond donors (Lipinski definition) is 1. The summed E-state index contributed by atoms with van der Waals surface area (Å²) in [7, 11) is 0. The van der Waals surface area contributed by atoms with Crippen molar-refractivity contribution in [2.45, 2.75) is 25.6 Å². The Balaban J connectivity index is 1.94. The van der Waals surface area contributed by atoms with Crippen molar-refractivity contribution in [3.63, 3.8) is 0 Å². The van der Waals surface area contributed by atoms with E-state index in [0.717, 1.165) is 17.7 Å². The monoisotopic (exact) mass is 307 g/mol. The number of halogens is 3. The topological polar surface area (TPSA) is 29.1 Å². The standard InChI is InChI=1S/C17H16F3NO/c1-12(14-5-3-2-4-6-14)16(22)21-11-13-7-9-15(10-8-13)17(18,19)20/h2-10,12H,11H2,1H3,(H,21,22). The number of amides is 1. The van der Waals surface area contributed by atoms with Gasteiger partial charge >= 0.3 is 6.18 Å². The molecule has 0 heterocycles. The zero-order valence-electron chi connectivity index (χ0n) is 12.0. The third-order valence-corrected chi connectivity index (χ3v) is 3.44. The van der Waals surface area contributed by atoms with E-state index in [9.17, 15) is 18.0 Å². The molecule has 1 N–H and O–H groups in total. The highest BCUT2D eigenvalue weighted by Crippen LogP contribution is 2.29. The van der Waals surface area contributed by atoms with Gasteiger partial charge in [-0.2, -0.15) is 13.2 Å². The van der Waals surface area contributed by atoms with Gasteiger partial charge in [-0.15, -0.1) is 0 Å². The van der Waals surface area contributed by atoms with Crippen molar-refractivity contribution >= 4 is 5.91 Å². The van der Waals surface area contributed by atoms with E-state index < -0.39 is 11.7 Å². The van der Waals surface area contributed by atoms with Crippen LogP contribution in [0.25, 0.3) is 0 Å². The minimum absolute atomic E-state index is 0.161. The highest BCUT2D eigenvalue weighted by molar-refractivity contribution is 5.83. The second-order valence-electron chi connectivity index (χ2n) is 5.04. The zero-order chi connectivity index (χ0) is 16.2. The van der Waals surface area contributed by atoms with Crippen molar-refractivity contribution in [2.24, 2.45) is 0 Å². The average molecular weight is 307 g/mol. The molecule has 5 heteroatoms. The van der Waals surface area contributed by atoms with Crippen LogP contribution in [0.4, 0.5) is 13.2 Å². The first-order valence-corrected chi connectivity index (χ1v) is 6.86. The highest BCUT2D eigenvalue weighted by Gasteiger charge is 2.29. The Morgan fingerprint density at radius 1 is 1.05 bits per heavy atom. The molecule has 1 atom stereocenters. The molecule has 22 heavy (non-hydrogen) atoms. The van der Waals surface area contributed by atoms with Crippen molar-refractivity contribution in [1.29, 1.82) is 0 Å². The summed E-state index contributed by atoms with van der Waals surface area (Å²) in [6.45, 7) is 1.99. The molecule has 0 bridgehead atoms. The summed E-state index contributed by atoms with van der Waals surface area (Å²) in [6, 6.07) is 14.1. The Labute approximate surface area is 127 Å². The Morgan fingerprint density at radius 2 is 1.64 bits per heavy atom. The molecular weight excluding hydrogens is 291 g/mol. The van der Waals surface area contributed by atoms with Crippen LogP contribution in [0.15, 0.2) is 54.6 Å². The minimum Gasteiger partial charge on any atom is -0.352 e. The van der Waals surface area contributed by atoms with E-state index in [4.69, 9.17) is 0 Å². The Hall–Kier alpha value is -2.30. The van der Waals surface area contributed by atoms with Crippen LogP contribution in [0.3, 0.4) is 0 Å². The molecule has 0 fully saturated rings. The summed E-state index contributed by atoms with van der Waals surface area (Å²) in [5, 5.41) is 2.74. The molecular formula is C17H16F3NO. The molecule has 2 nitrogen and oxygen atoms in total. The maximum atomic E-state index is 12.5. The Kier molecular flexibility index (Phi) is 4.85. The summed E-state index contributed by atoms with van der Waals surface area (Å²) in [5.74, 6) is -0.471. The molecule has 0 aliphatic carbocycles. The molecule has 2 aromatic rings. The number of nitrogens with one attached hydrogen (secondary N) is 1. The number of carbonyl (C=O) groups excluding carboxylic acids is 1. The predicted molar refractivity (Wildman–Crippen MR) is 78.1 cm³/mol. The first kappa shape index (κ1) is 16.1. The maximum absolute atomic E-state index is 12.5. The smallest absolute Gasteiger partial charge is 0.352 e. The van der Waals surface area contributed by atoms with Gasteiger partial charge in [0.05, 0.1) is 11.5 Å². The molecule has 116 valence electrons. The van der Waals surface area contributed by atoms with E-state index >= 15 is 0 Å². The van der Waals surface area contributed by atoms with Gasteiger partial charge in [-0.1, -0.05) is 42.5 Å². The zero-order valence-corrected chi connectivity index (χ0v) is 12.0. The third kappa shape index (κ3) is 4.10. The molecule has 1 unspecified atom stereocenters. The molecule has 0 saturated carbocycles. The summed E-state index contributed by atoms with van der Waals surface area (Å²) in [5.41, 5.74) is 0.828. The van der Waals surface area contributed by atoms with Crippen molar-refractivity contribution in [3.8, 4) is 0 Å². The third-order valence-electron chi connectivity index (χ3n) is 3.44. The number of alkyl halides is 3. The number of benzene rings is 2. The molecule has 0 spiro atoms. The average Bonchev–Trinajstić information content (AvgIpc) is 2.52. The van der Waals surface area contributed by atoms with Crippen molar-refractivity contribution in [3.05, 3.63) is 71.3 Å². The van der Waals surface area contributed by atoms with E-state index in [2.05, 4.69) is 5.32 Å². The SMILES string of the molecule is CC(C(=O)NCc1ccc(C(F)(F)F)cc1)c1ccccc1. The predicted octanol–water partition coefficient (Wildman–Crippen LogP) is 4.13. The lowest BCUT2D eigenvalue weighted by Crippen LogP contribution is -2.27. The molecule has 0 radical (unpaired) electrons.